The number of hydrogen-bond donors (Lipinski definition) is 1. The number of amidine groups is 1. The molecule has 31 heavy (non-hydrogen) atoms. The van der Waals surface area contributed by atoms with E-state index in [0.29, 0.717) is 33.7 Å². The Balaban J connectivity index is 1.47. The Bertz CT molecular complexity index is 1210. The Morgan fingerprint density at radius 1 is 1.26 bits per heavy atom. The maximum absolute atomic E-state index is 13.2. The number of thioether (sulfide) groups is 1. The molecule has 1 amide bonds. The maximum atomic E-state index is 13.2. The molecular formula is C23H19ClFN3O2S. The number of carbonyl (C=O) groups excluding carboxylic acids is 1. The number of amides is 1. The SMILES string of the molecule is CCOc1ccnc2ccc(C/C=C3\SC(=NCc4ccc(F)cc4Cl)NC3=O)cc12. The Labute approximate surface area is 188 Å². The molecule has 0 spiro atoms. The fourth-order valence-corrected chi connectivity index (χ4v) is 4.15. The number of pyridine rings is 1. The first kappa shape index (κ1) is 21.3. The van der Waals surface area contributed by atoms with Gasteiger partial charge in [-0.25, -0.2) is 4.39 Å². The third-order valence-electron chi connectivity index (χ3n) is 4.65. The molecule has 1 aliphatic heterocycles. The first-order valence-electron chi connectivity index (χ1n) is 9.71. The van der Waals surface area contributed by atoms with Gasteiger partial charge in [-0.15, -0.1) is 0 Å². The van der Waals surface area contributed by atoms with Crippen LogP contribution in [0.5, 0.6) is 5.75 Å². The van der Waals surface area contributed by atoms with Crippen molar-refractivity contribution >= 4 is 45.3 Å². The third-order valence-corrected chi connectivity index (χ3v) is 6.00. The van der Waals surface area contributed by atoms with Crippen LogP contribution in [0.4, 0.5) is 4.39 Å². The Kier molecular flexibility index (Phi) is 6.53. The molecule has 3 aromatic rings. The predicted octanol–water partition coefficient (Wildman–Crippen LogP) is 5.27. The molecule has 4 rings (SSSR count). The van der Waals surface area contributed by atoms with Crippen molar-refractivity contribution < 1.29 is 13.9 Å². The van der Waals surface area contributed by atoms with Gasteiger partial charge in [0.1, 0.15) is 11.6 Å². The lowest BCUT2D eigenvalue weighted by molar-refractivity contribution is -0.115. The number of nitrogens with zero attached hydrogens (tertiary/aromatic N) is 2. The maximum Gasteiger partial charge on any atom is 0.263 e. The van der Waals surface area contributed by atoms with Crippen LogP contribution in [-0.2, 0) is 17.8 Å². The topological polar surface area (TPSA) is 63.6 Å². The molecule has 1 fully saturated rings. The summed E-state index contributed by atoms with van der Waals surface area (Å²) in [6, 6.07) is 12.0. The smallest absolute Gasteiger partial charge is 0.263 e. The number of ether oxygens (including phenoxy) is 1. The molecule has 1 aromatic heterocycles. The summed E-state index contributed by atoms with van der Waals surface area (Å²) in [5.41, 5.74) is 2.60. The van der Waals surface area contributed by atoms with E-state index in [1.165, 1.54) is 23.9 Å². The highest BCUT2D eigenvalue weighted by atomic mass is 35.5. The molecule has 0 bridgehead atoms. The summed E-state index contributed by atoms with van der Waals surface area (Å²) in [7, 11) is 0. The number of aliphatic imine (C=N–C) groups is 1. The van der Waals surface area contributed by atoms with E-state index >= 15 is 0 Å². The average Bonchev–Trinajstić information content (AvgIpc) is 3.11. The summed E-state index contributed by atoms with van der Waals surface area (Å²) in [5.74, 6) is 0.211. The van der Waals surface area contributed by atoms with Gasteiger partial charge >= 0.3 is 0 Å². The van der Waals surface area contributed by atoms with Gasteiger partial charge in [-0.05, 0) is 66.6 Å². The predicted molar refractivity (Wildman–Crippen MR) is 123 cm³/mol. The first-order valence-corrected chi connectivity index (χ1v) is 10.9. The summed E-state index contributed by atoms with van der Waals surface area (Å²) in [4.78, 5) is 21.6. The molecular weight excluding hydrogens is 437 g/mol. The molecule has 0 saturated carbocycles. The summed E-state index contributed by atoms with van der Waals surface area (Å²) >= 11 is 7.31. The Morgan fingerprint density at radius 3 is 2.94 bits per heavy atom. The molecule has 0 atom stereocenters. The third kappa shape index (κ3) is 5.06. The van der Waals surface area contributed by atoms with E-state index in [0.717, 1.165) is 22.2 Å². The first-order chi connectivity index (χ1) is 15.0. The van der Waals surface area contributed by atoms with Crippen LogP contribution in [0.25, 0.3) is 10.9 Å². The van der Waals surface area contributed by atoms with Crippen LogP contribution in [0, 0.1) is 5.82 Å². The van der Waals surface area contributed by atoms with Crippen molar-refractivity contribution in [3.63, 3.8) is 0 Å². The van der Waals surface area contributed by atoms with E-state index in [4.69, 9.17) is 16.3 Å². The minimum atomic E-state index is -0.395. The molecule has 0 unspecified atom stereocenters. The van der Waals surface area contributed by atoms with E-state index < -0.39 is 5.82 Å². The minimum absolute atomic E-state index is 0.189. The molecule has 1 aliphatic rings. The van der Waals surface area contributed by atoms with Gasteiger partial charge in [0.15, 0.2) is 5.17 Å². The fourth-order valence-electron chi connectivity index (χ4n) is 3.13. The summed E-state index contributed by atoms with van der Waals surface area (Å²) in [6.45, 7) is 2.78. The zero-order chi connectivity index (χ0) is 21.8. The molecule has 0 aliphatic carbocycles. The van der Waals surface area contributed by atoms with Gasteiger partial charge in [-0.2, -0.15) is 0 Å². The van der Waals surface area contributed by atoms with Crippen LogP contribution in [-0.4, -0.2) is 22.7 Å². The summed E-state index contributed by atoms with van der Waals surface area (Å²) in [6.07, 6.45) is 4.20. The van der Waals surface area contributed by atoms with E-state index in [1.807, 2.05) is 37.3 Å². The van der Waals surface area contributed by atoms with Gasteiger partial charge in [-0.3, -0.25) is 14.8 Å². The molecule has 8 heteroatoms. The van der Waals surface area contributed by atoms with Crippen LogP contribution in [0.3, 0.4) is 0 Å². The van der Waals surface area contributed by atoms with E-state index in [9.17, 15) is 9.18 Å². The van der Waals surface area contributed by atoms with Crippen LogP contribution >= 0.6 is 23.4 Å². The number of aromatic nitrogens is 1. The highest BCUT2D eigenvalue weighted by Crippen LogP contribution is 2.28. The van der Waals surface area contributed by atoms with Crippen LogP contribution in [0.15, 0.2) is 64.6 Å². The lowest BCUT2D eigenvalue weighted by atomic mass is 10.1. The van der Waals surface area contributed by atoms with Crippen LogP contribution in [0.2, 0.25) is 5.02 Å². The zero-order valence-electron chi connectivity index (χ0n) is 16.7. The Hall–Kier alpha value is -2.90. The van der Waals surface area contributed by atoms with Crippen LogP contribution in [0.1, 0.15) is 18.1 Å². The number of benzene rings is 2. The zero-order valence-corrected chi connectivity index (χ0v) is 18.3. The summed E-state index contributed by atoms with van der Waals surface area (Å²) < 4.78 is 18.9. The van der Waals surface area contributed by atoms with Gasteiger partial charge in [0.05, 0.1) is 23.6 Å². The van der Waals surface area contributed by atoms with Crippen molar-refractivity contribution in [3.05, 3.63) is 81.6 Å². The number of nitrogens with one attached hydrogen (secondary N) is 1. The normalized spacial score (nSPS) is 16.3. The number of allylic oxidation sites excluding steroid dienone is 1. The van der Waals surface area contributed by atoms with Crippen molar-refractivity contribution in [3.8, 4) is 5.75 Å². The van der Waals surface area contributed by atoms with Crippen molar-refractivity contribution in [2.24, 2.45) is 4.99 Å². The van der Waals surface area contributed by atoms with Gasteiger partial charge in [-0.1, -0.05) is 29.8 Å². The lowest BCUT2D eigenvalue weighted by Gasteiger charge is -2.08. The number of fused-ring (bicyclic) bond motifs is 1. The minimum Gasteiger partial charge on any atom is -0.493 e. The van der Waals surface area contributed by atoms with Gasteiger partial charge in [0, 0.05) is 16.6 Å². The Morgan fingerprint density at radius 2 is 2.13 bits per heavy atom. The van der Waals surface area contributed by atoms with Crippen molar-refractivity contribution in [2.75, 3.05) is 6.61 Å². The number of rotatable bonds is 6. The standard InChI is InChI=1S/C23H19ClFN3O2S/c1-2-30-20-9-10-26-19-7-3-14(11-17(19)20)4-8-21-22(29)28-23(31-21)27-13-15-5-6-16(25)12-18(15)24/h3,5-12H,2,4,13H2,1H3,(H,27,28,29)/b21-8-. The molecule has 2 aromatic carbocycles. The van der Waals surface area contributed by atoms with Crippen molar-refractivity contribution in [1.82, 2.24) is 10.3 Å². The molecule has 5 nitrogen and oxygen atoms in total. The second-order valence-corrected chi connectivity index (χ2v) is 8.22. The van der Waals surface area contributed by atoms with Gasteiger partial charge in [0.25, 0.3) is 5.91 Å². The van der Waals surface area contributed by atoms with Crippen molar-refractivity contribution in [2.45, 2.75) is 19.9 Å². The van der Waals surface area contributed by atoms with Gasteiger partial charge in [0.2, 0.25) is 0 Å². The second kappa shape index (κ2) is 9.49. The lowest BCUT2D eigenvalue weighted by Crippen LogP contribution is -2.19. The monoisotopic (exact) mass is 455 g/mol. The molecule has 1 saturated heterocycles. The molecule has 158 valence electrons. The van der Waals surface area contributed by atoms with Crippen LogP contribution < -0.4 is 10.1 Å². The van der Waals surface area contributed by atoms with Gasteiger partial charge < -0.3 is 10.1 Å². The molecule has 2 heterocycles. The number of carbonyl (C=O) groups is 1. The van der Waals surface area contributed by atoms with Crippen molar-refractivity contribution in [1.29, 1.82) is 0 Å². The number of hydrogen-bond acceptors (Lipinski definition) is 5. The van der Waals surface area contributed by atoms with E-state index in [2.05, 4.69) is 15.3 Å². The quantitative estimate of drug-likeness (QED) is 0.514. The fraction of sp³-hybridized carbons (Fsp3) is 0.174. The number of halogens is 2. The average molecular weight is 456 g/mol. The highest BCUT2D eigenvalue weighted by Gasteiger charge is 2.23. The van der Waals surface area contributed by atoms with E-state index in [1.54, 1.807) is 12.3 Å². The molecule has 1 N–H and O–H groups in total. The largest absolute Gasteiger partial charge is 0.493 e. The molecule has 0 radical (unpaired) electrons. The van der Waals surface area contributed by atoms with E-state index in [-0.39, 0.29) is 12.5 Å². The highest BCUT2D eigenvalue weighted by molar-refractivity contribution is 8.18. The second-order valence-electron chi connectivity index (χ2n) is 6.78. The summed E-state index contributed by atoms with van der Waals surface area (Å²) in [5, 5.41) is 4.51.